The lowest BCUT2D eigenvalue weighted by atomic mass is 9.94. The molecular formula is C21H30N4O4. The Labute approximate surface area is 171 Å². The summed E-state index contributed by atoms with van der Waals surface area (Å²) in [5.74, 6) is -0.728. The molecule has 8 nitrogen and oxygen atoms in total. The number of nitrogens with zero attached hydrogens (tertiary/aromatic N) is 2. The van der Waals surface area contributed by atoms with Crippen molar-refractivity contribution in [1.29, 1.82) is 0 Å². The molecule has 0 bridgehead atoms. The van der Waals surface area contributed by atoms with Crippen molar-refractivity contribution in [2.75, 3.05) is 39.0 Å². The molecule has 0 aromatic heterocycles. The number of carboxylic acid groups (broad SMARTS) is 1. The lowest BCUT2D eigenvalue weighted by Crippen LogP contribution is -2.39. The van der Waals surface area contributed by atoms with E-state index in [2.05, 4.69) is 10.6 Å². The first-order valence-electron chi connectivity index (χ1n) is 10.2. The molecule has 1 aromatic rings. The van der Waals surface area contributed by atoms with E-state index in [0.29, 0.717) is 30.3 Å². The Balaban J connectivity index is 1.70. The van der Waals surface area contributed by atoms with E-state index < -0.39 is 12.0 Å². The Bertz CT molecular complexity index is 776. The minimum absolute atomic E-state index is 0.0674. The third-order valence-electron chi connectivity index (χ3n) is 5.83. The highest BCUT2D eigenvalue weighted by molar-refractivity contribution is 5.96. The van der Waals surface area contributed by atoms with E-state index in [9.17, 15) is 14.4 Å². The summed E-state index contributed by atoms with van der Waals surface area (Å²) >= 11 is 0. The number of aliphatic carboxylic acids is 1. The monoisotopic (exact) mass is 402 g/mol. The lowest BCUT2D eigenvalue weighted by molar-refractivity contribution is -0.141. The molecule has 1 fully saturated rings. The number of rotatable bonds is 6. The average molecular weight is 402 g/mol. The fourth-order valence-corrected chi connectivity index (χ4v) is 4.01. The second-order valence-corrected chi connectivity index (χ2v) is 8.07. The molecule has 1 aromatic carbocycles. The minimum Gasteiger partial charge on any atom is -0.481 e. The fourth-order valence-electron chi connectivity index (χ4n) is 4.01. The number of amides is 2. The van der Waals surface area contributed by atoms with Gasteiger partial charge in [-0.15, -0.1) is 0 Å². The van der Waals surface area contributed by atoms with Crippen LogP contribution in [-0.2, 0) is 16.1 Å². The number of anilines is 1. The average Bonchev–Trinajstić information content (AvgIpc) is 2.82. The molecule has 29 heavy (non-hydrogen) atoms. The van der Waals surface area contributed by atoms with Gasteiger partial charge in [0.2, 0.25) is 5.91 Å². The van der Waals surface area contributed by atoms with E-state index in [1.54, 1.807) is 24.1 Å². The highest BCUT2D eigenvalue weighted by Gasteiger charge is 2.29. The van der Waals surface area contributed by atoms with Crippen molar-refractivity contribution in [3.05, 3.63) is 29.3 Å². The van der Waals surface area contributed by atoms with Crippen LogP contribution >= 0.6 is 0 Å². The van der Waals surface area contributed by atoms with Crippen LogP contribution in [0.15, 0.2) is 18.2 Å². The van der Waals surface area contributed by atoms with Gasteiger partial charge in [-0.3, -0.25) is 14.4 Å². The largest absolute Gasteiger partial charge is 0.481 e. The standard InChI is InChI=1S/C21H30N4O4/c1-24(10-7-14-5-8-22-9-6-14)20(28)15-3-4-16-13-25(2)21(29)18(12-19(26)27)23-17(16)11-15/h3-4,11,14,18,22-23H,5-10,12-13H2,1-2H3,(H,26,27). The molecule has 0 radical (unpaired) electrons. The third kappa shape index (κ3) is 5.26. The van der Waals surface area contributed by atoms with Crippen LogP contribution in [0.25, 0.3) is 0 Å². The van der Waals surface area contributed by atoms with Crippen molar-refractivity contribution < 1.29 is 19.5 Å². The summed E-state index contributed by atoms with van der Waals surface area (Å²) < 4.78 is 0. The number of hydrogen-bond donors (Lipinski definition) is 3. The van der Waals surface area contributed by atoms with E-state index in [1.165, 1.54) is 4.90 Å². The minimum atomic E-state index is -1.04. The Morgan fingerprint density at radius 1 is 1.28 bits per heavy atom. The third-order valence-corrected chi connectivity index (χ3v) is 5.83. The molecule has 0 spiro atoms. The first-order chi connectivity index (χ1) is 13.8. The molecule has 2 aliphatic rings. The van der Waals surface area contributed by atoms with Crippen LogP contribution < -0.4 is 10.6 Å². The maximum Gasteiger partial charge on any atom is 0.305 e. The van der Waals surface area contributed by atoms with Crippen LogP contribution in [0, 0.1) is 5.92 Å². The molecule has 2 heterocycles. The van der Waals surface area contributed by atoms with Gasteiger partial charge >= 0.3 is 5.97 Å². The van der Waals surface area contributed by atoms with E-state index in [0.717, 1.165) is 37.9 Å². The molecule has 0 aliphatic carbocycles. The summed E-state index contributed by atoms with van der Waals surface area (Å²) in [4.78, 5) is 39.7. The summed E-state index contributed by atoms with van der Waals surface area (Å²) in [6, 6.07) is 4.50. The summed E-state index contributed by atoms with van der Waals surface area (Å²) in [6.45, 7) is 3.17. The quantitative estimate of drug-likeness (QED) is 0.664. The molecule has 1 atom stereocenters. The number of hydrogen-bond acceptors (Lipinski definition) is 5. The summed E-state index contributed by atoms with van der Waals surface area (Å²) in [5.41, 5.74) is 2.05. The molecule has 8 heteroatoms. The zero-order valence-electron chi connectivity index (χ0n) is 17.1. The predicted molar refractivity (Wildman–Crippen MR) is 110 cm³/mol. The first kappa shape index (κ1) is 21.1. The highest BCUT2D eigenvalue weighted by atomic mass is 16.4. The molecular weight excluding hydrogens is 372 g/mol. The van der Waals surface area contributed by atoms with Crippen LogP contribution in [-0.4, -0.2) is 72.5 Å². The van der Waals surface area contributed by atoms with E-state index in [-0.39, 0.29) is 18.2 Å². The second kappa shape index (κ2) is 9.26. The number of carbonyl (C=O) groups excluding carboxylic acids is 2. The number of carboxylic acids is 1. The van der Waals surface area contributed by atoms with Crippen molar-refractivity contribution in [3.8, 4) is 0 Å². The molecule has 2 amide bonds. The number of benzene rings is 1. The Kier molecular flexibility index (Phi) is 6.74. The van der Waals surface area contributed by atoms with Gasteiger partial charge in [-0.25, -0.2) is 0 Å². The van der Waals surface area contributed by atoms with Crippen LogP contribution in [0.5, 0.6) is 0 Å². The lowest BCUT2D eigenvalue weighted by Gasteiger charge is -2.25. The smallest absolute Gasteiger partial charge is 0.305 e. The van der Waals surface area contributed by atoms with Gasteiger partial charge in [0.25, 0.3) is 5.91 Å². The van der Waals surface area contributed by atoms with Crippen LogP contribution in [0.4, 0.5) is 5.69 Å². The number of piperidine rings is 1. The van der Waals surface area contributed by atoms with Gasteiger partial charge in [0.15, 0.2) is 0 Å². The summed E-state index contributed by atoms with van der Waals surface area (Å²) in [5, 5.41) is 15.5. The van der Waals surface area contributed by atoms with Gasteiger partial charge in [-0.05, 0) is 56.0 Å². The van der Waals surface area contributed by atoms with Gasteiger partial charge in [0.05, 0.1) is 6.42 Å². The molecule has 158 valence electrons. The van der Waals surface area contributed by atoms with E-state index in [4.69, 9.17) is 5.11 Å². The molecule has 1 unspecified atom stereocenters. The Hall–Kier alpha value is -2.61. The summed E-state index contributed by atoms with van der Waals surface area (Å²) in [7, 11) is 3.47. The van der Waals surface area contributed by atoms with Gasteiger partial charge in [0.1, 0.15) is 6.04 Å². The van der Waals surface area contributed by atoms with Crippen molar-refractivity contribution >= 4 is 23.5 Å². The maximum atomic E-state index is 12.9. The van der Waals surface area contributed by atoms with E-state index >= 15 is 0 Å². The first-order valence-corrected chi connectivity index (χ1v) is 10.2. The van der Waals surface area contributed by atoms with Crippen molar-refractivity contribution in [2.24, 2.45) is 5.92 Å². The molecule has 0 saturated carbocycles. The number of carbonyl (C=O) groups is 3. The second-order valence-electron chi connectivity index (χ2n) is 8.07. The number of nitrogens with one attached hydrogen (secondary N) is 2. The zero-order chi connectivity index (χ0) is 21.0. The van der Waals surface area contributed by atoms with E-state index in [1.807, 2.05) is 13.1 Å². The van der Waals surface area contributed by atoms with Gasteiger partial charge < -0.3 is 25.5 Å². The van der Waals surface area contributed by atoms with Crippen LogP contribution in [0.3, 0.4) is 0 Å². The van der Waals surface area contributed by atoms with Crippen molar-refractivity contribution in [2.45, 2.75) is 38.3 Å². The Morgan fingerprint density at radius 3 is 2.69 bits per heavy atom. The summed E-state index contributed by atoms with van der Waals surface area (Å²) in [6.07, 6.45) is 2.98. The molecule has 3 N–H and O–H groups in total. The van der Waals surface area contributed by atoms with Crippen LogP contribution in [0.2, 0.25) is 0 Å². The normalized spacial score (nSPS) is 19.9. The van der Waals surface area contributed by atoms with Gasteiger partial charge in [0, 0.05) is 38.4 Å². The number of fused-ring (bicyclic) bond motifs is 1. The van der Waals surface area contributed by atoms with Crippen molar-refractivity contribution in [1.82, 2.24) is 15.1 Å². The van der Waals surface area contributed by atoms with Gasteiger partial charge in [-0.2, -0.15) is 0 Å². The SMILES string of the molecule is CN(CCC1CCNCC1)C(=O)c1ccc2c(c1)NC(CC(=O)O)C(=O)N(C)C2. The zero-order valence-corrected chi connectivity index (χ0v) is 17.1. The van der Waals surface area contributed by atoms with Crippen molar-refractivity contribution in [3.63, 3.8) is 0 Å². The van der Waals surface area contributed by atoms with Crippen LogP contribution in [0.1, 0.15) is 41.6 Å². The topological polar surface area (TPSA) is 102 Å². The molecule has 3 rings (SSSR count). The van der Waals surface area contributed by atoms with Gasteiger partial charge in [-0.1, -0.05) is 6.07 Å². The molecule has 2 aliphatic heterocycles. The number of likely N-dealkylation sites (N-methyl/N-ethyl adjacent to an activating group) is 1. The predicted octanol–water partition coefficient (Wildman–Crippen LogP) is 1.38. The maximum absolute atomic E-state index is 12.9. The molecule has 1 saturated heterocycles. The Morgan fingerprint density at radius 2 is 2.00 bits per heavy atom. The fraction of sp³-hybridized carbons (Fsp3) is 0.571. The highest BCUT2D eigenvalue weighted by Crippen LogP contribution is 2.26.